The highest BCUT2D eigenvalue weighted by atomic mass is 16.1. The molecule has 1 atom stereocenters. The summed E-state index contributed by atoms with van der Waals surface area (Å²) in [6, 6.07) is 1.14. The summed E-state index contributed by atoms with van der Waals surface area (Å²) in [7, 11) is 1.78. The summed E-state index contributed by atoms with van der Waals surface area (Å²) in [5.41, 5.74) is 2.25. The van der Waals surface area contributed by atoms with Crippen molar-refractivity contribution in [2.24, 2.45) is 12.0 Å². The molecular formula is C9H10N4O. The molecule has 72 valence electrons. The lowest BCUT2D eigenvalue weighted by molar-refractivity contribution is 0.561. The highest BCUT2D eigenvalue weighted by Gasteiger charge is 2.18. The zero-order chi connectivity index (χ0) is 10.7. The molecule has 5 heteroatoms. The first kappa shape index (κ1) is 10.2. The van der Waals surface area contributed by atoms with Gasteiger partial charge in [0.05, 0.1) is 11.8 Å². The minimum absolute atomic E-state index is 0.693. The van der Waals surface area contributed by atoms with Gasteiger partial charge in [0.25, 0.3) is 0 Å². The summed E-state index contributed by atoms with van der Waals surface area (Å²) in [4.78, 5) is 13.5. The highest BCUT2D eigenvalue weighted by molar-refractivity contribution is 5.40. The summed E-state index contributed by atoms with van der Waals surface area (Å²) >= 11 is 0. The van der Waals surface area contributed by atoms with Crippen molar-refractivity contribution >= 4 is 6.08 Å². The summed E-state index contributed by atoms with van der Waals surface area (Å²) in [5.74, 6) is 0. The Bertz CT molecular complexity index is 434. The Balaban J connectivity index is 3.30. The van der Waals surface area contributed by atoms with Crippen molar-refractivity contribution in [3.05, 3.63) is 17.0 Å². The van der Waals surface area contributed by atoms with Gasteiger partial charge >= 0.3 is 0 Å². The molecule has 1 unspecified atom stereocenters. The number of carbonyl (C=O) groups excluding carboxylic acids is 1. The van der Waals surface area contributed by atoms with Gasteiger partial charge in [-0.3, -0.25) is 4.68 Å². The number of nitriles is 1. The second-order valence-corrected chi connectivity index (χ2v) is 2.96. The Morgan fingerprint density at radius 2 is 2.21 bits per heavy atom. The third-order valence-corrected chi connectivity index (χ3v) is 2.14. The second-order valence-electron chi connectivity index (χ2n) is 2.96. The number of nitrogens with zero attached hydrogens (tertiary/aromatic N) is 4. The van der Waals surface area contributed by atoms with Crippen LogP contribution in [0.25, 0.3) is 0 Å². The fourth-order valence-electron chi connectivity index (χ4n) is 1.40. The third-order valence-electron chi connectivity index (χ3n) is 2.14. The van der Waals surface area contributed by atoms with Gasteiger partial charge in [-0.25, -0.2) is 4.79 Å². The first-order valence-electron chi connectivity index (χ1n) is 4.08. The first-order chi connectivity index (χ1) is 6.61. The van der Waals surface area contributed by atoms with E-state index in [1.54, 1.807) is 18.7 Å². The summed E-state index contributed by atoms with van der Waals surface area (Å²) in [6.45, 7) is 3.62. The van der Waals surface area contributed by atoms with E-state index in [0.717, 1.165) is 11.4 Å². The van der Waals surface area contributed by atoms with E-state index in [1.807, 2.05) is 13.0 Å². The minimum atomic E-state index is -0.791. The molecule has 0 amide bonds. The molecule has 0 radical (unpaired) electrons. The Labute approximate surface area is 81.7 Å². The van der Waals surface area contributed by atoms with Crippen molar-refractivity contribution in [2.75, 3.05) is 0 Å². The zero-order valence-corrected chi connectivity index (χ0v) is 8.27. The van der Waals surface area contributed by atoms with Crippen LogP contribution in [0, 0.1) is 25.2 Å². The van der Waals surface area contributed by atoms with Crippen molar-refractivity contribution < 1.29 is 4.79 Å². The van der Waals surface area contributed by atoms with Crippen LogP contribution in [0.4, 0.5) is 0 Å². The second kappa shape index (κ2) is 3.86. The van der Waals surface area contributed by atoms with Crippen LogP contribution < -0.4 is 0 Å². The van der Waals surface area contributed by atoms with Gasteiger partial charge in [-0.1, -0.05) is 0 Å². The van der Waals surface area contributed by atoms with Gasteiger partial charge in [-0.15, -0.1) is 0 Å². The van der Waals surface area contributed by atoms with Gasteiger partial charge < -0.3 is 0 Å². The predicted molar refractivity (Wildman–Crippen MR) is 49.2 cm³/mol. The molecule has 1 heterocycles. The van der Waals surface area contributed by atoms with E-state index in [0.29, 0.717) is 5.56 Å². The zero-order valence-electron chi connectivity index (χ0n) is 8.27. The van der Waals surface area contributed by atoms with E-state index >= 15 is 0 Å². The number of rotatable bonds is 2. The van der Waals surface area contributed by atoms with Crippen molar-refractivity contribution in [3.63, 3.8) is 0 Å². The SMILES string of the molecule is Cc1nn(C)c(C)c1C(C#N)N=C=O. The van der Waals surface area contributed by atoms with E-state index in [1.165, 1.54) is 6.08 Å². The minimum Gasteiger partial charge on any atom is -0.272 e. The number of isocyanates is 1. The van der Waals surface area contributed by atoms with E-state index in [4.69, 9.17) is 5.26 Å². The predicted octanol–water partition coefficient (Wildman–Crippen LogP) is 0.937. The Kier molecular flexibility index (Phi) is 2.80. The number of aryl methyl sites for hydroxylation is 2. The maximum Gasteiger partial charge on any atom is 0.236 e. The number of hydrogen-bond acceptors (Lipinski definition) is 4. The van der Waals surface area contributed by atoms with Crippen LogP contribution in [0.5, 0.6) is 0 Å². The van der Waals surface area contributed by atoms with Crippen LogP contribution in [-0.4, -0.2) is 15.9 Å². The maximum atomic E-state index is 10.1. The normalized spacial score (nSPS) is 11.6. The molecule has 1 aromatic heterocycles. The van der Waals surface area contributed by atoms with E-state index in [2.05, 4.69) is 10.1 Å². The smallest absolute Gasteiger partial charge is 0.236 e. The molecule has 1 aromatic rings. The molecule has 0 saturated carbocycles. The quantitative estimate of drug-likeness (QED) is 0.514. The van der Waals surface area contributed by atoms with Gasteiger partial charge in [-0.2, -0.15) is 15.4 Å². The molecule has 0 spiro atoms. The lowest BCUT2D eigenvalue weighted by Crippen LogP contribution is -1.97. The molecule has 0 saturated heterocycles. The number of aromatic nitrogens is 2. The van der Waals surface area contributed by atoms with Gasteiger partial charge in [0.2, 0.25) is 6.08 Å². The van der Waals surface area contributed by atoms with E-state index < -0.39 is 6.04 Å². The molecule has 0 aliphatic heterocycles. The molecule has 0 N–H and O–H groups in total. The lowest BCUT2D eigenvalue weighted by Gasteiger charge is -2.01. The van der Waals surface area contributed by atoms with Crippen LogP contribution in [-0.2, 0) is 11.8 Å². The summed E-state index contributed by atoms with van der Waals surface area (Å²) < 4.78 is 1.66. The lowest BCUT2D eigenvalue weighted by atomic mass is 10.1. The Morgan fingerprint density at radius 1 is 1.57 bits per heavy atom. The van der Waals surface area contributed by atoms with Crippen molar-refractivity contribution in [3.8, 4) is 6.07 Å². The average molecular weight is 190 g/mol. The molecular weight excluding hydrogens is 180 g/mol. The maximum absolute atomic E-state index is 10.1. The fourth-order valence-corrected chi connectivity index (χ4v) is 1.40. The van der Waals surface area contributed by atoms with Gasteiger partial charge in [-0.05, 0) is 13.8 Å². The standard InChI is InChI=1S/C9H10N4O/c1-6-9(7(2)13(3)12-6)8(4-10)11-5-14/h8H,1-3H3. The van der Waals surface area contributed by atoms with Crippen molar-refractivity contribution in [1.82, 2.24) is 9.78 Å². The molecule has 0 aliphatic rings. The topological polar surface area (TPSA) is 71.0 Å². The van der Waals surface area contributed by atoms with E-state index in [-0.39, 0.29) is 0 Å². The Morgan fingerprint density at radius 3 is 2.57 bits per heavy atom. The van der Waals surface area contributed by atoms with Crippen LogP contribution in [0.2, 0.25) is 0 Å². The fraction of sp³-hybridized carbons (Fsp3) is 0.444. The number of hydrogen-bond donors (Lipinski definition) is 0. The largest absolute Gasteiger partial charge is 0.272 e. The molecule has 0 aliphatic carbocycles. The van der Waals surface area contributed by atoms with E-state index in [9.17, 15) is 4.79 Å². The highest BCUT2D eigenvalue weighted by Crippen LogP contribution is 2.22. The first-order valence-corrected chi connectivity index (χ1v) is 4.08. The molecule has 0 bridgehead atoms. The van der Waals surface area contributed by atoms with Gasteiger partial charge in [0.1, 0.15) is 0 Å². The van der Waals surface area contributed by atoms with Crippen LogP contribution in [0.3, 0.4) is 0 Å². The van der Waals surface area contributed by atoms with Gasteiger partial charge in [0.15, 0.2) is 6.04 Å². The molecule has 1 rings (SSSR count). The Hall–Kier alpha value is -1.92. The van der Waals surface area contributed by atoms with Gasteiger partial charge in [0, 0.05) is 18.3 Å². The third kappa shape index (κ3) is 1.56. The summed E-state index contributed by atoms with van der Waals surface area (Å²) in [6.07, 6.45) is 1.40. The molecule has 0 fully saturated rings. The van der Waals surface area contributed by atoms with Crippen LogP contribution >= 0.6 is 0 Å². The number of aliphatic imine (C=N–C) groups is 1. The average Bonchev–Trinajstić information content (AvgIpc) is 2.39. The molecule has 0 aromatic carbocycles. The molecule has 5 nitrogen and oxygen atoms in total. The van der Waals surface area contributed by atoms with Crippen LogP contribution in [0.1, 0.15) is 23.0 Å². The summed E-state index contributed by atoms with van der Waals surface area (Å²) in [5, 5.41) is 12.9. The van der Waals surface area contributed by atoms with Crippen molar-refractivity contribution in [1.29, 1.82) is 5.26 Å². The van der Waals surface area contributed by atoms with Crippen LogP contribution in [0.15, 0.2) is 4.99 Å². The molecule has 14 heavy (non-hydrogen) atoms. The van der Waals surface area contributed by atoms with Crippen molar-refractivity contribution in [2.45, 2.75) is 19.9 Å². The monoisotopic (exact) mass is 190 g/mol.